The van der Waals surface area contributed by atoms with Crippen molar-refractivity contribution < 1.29 is 0 Å². The van der Waals surface area contributed by atoms with Gasteiger partial charge >= 0.3 is 0 Å². The quantitative estimate of drug-likeness (QED) is 0.734. The van der Waals surface area contributed by atoms with Gasteiger partial charge in [0.15, 0.2) is 0 Å². The molecule has 3 aromatic heterocycles. The molecule has 0 saturated carbocycles. The topological polar surface area (TPSA) is 62.5 Å². The predicted molar refractivity (Wildman–Crippen MR) is 93.4 cm³/mol. The maximum Gasteiger partial charge on any atom is 0.254 e. The van der Waals surface area contributed by atoms with Crippen molar-refractivity contribution in [1.29, 1.82) is 0 Å². The van der Waals surface area contributed by atoms with Gasteiger partial charge in [0.1, 0.15) is 18.0 Å². The molecule has 0 aromatic carbocycles. The zero-order valence-electron chi connectivity index (χ0n) is 14.0. The Morgan fingerprint density at radius 1 is 1.17 bits per heavy atom. The Kier molecular flexibility index (Phi) is 3.76. The molecule has 1 fully saturated rings. The minimum absolute atomic E-state index is 0.505. The van der Waals surface area contributed by atoms with Gasteiger partial charge in [-0.15, -0.1) is 0 Å². The molecular weight excluding hydrogens is 302 g/mol. The molecule has 4 rings (SSSR count). The van der Waals surface area contributed by atoms with Crippen LogP contribution in [0.15, 0.2) is 36.8 Å². The molecule has 7 nitrogen and oxygen atoms in total. The van der Waals surface area contributed by atoms with Crippen LogP contribution in [0.2, 0.25) is 0 Å². The van der Waals surface area contributed by atoms with Gasteiger partial charge < -0.3 is 9.80 Å². The molecule has 124 valence electrons. The summed E-state index contributed by atoms with van der Waals surface area (Å²) in [6.45, 7) is 3.97. The third-order valence-electron chi connectivity index (χ3n) is 4.71. The summed E-state index contributed by atoms with van der Waals surface area (Å²) in [5.74, 6) is 2.78. The lowest BCUT2D eigenvalue weighted by Gasteiger charge is -2.38. The summed E-state index contributed by atoms with van der Waals surface area (Å²) in [5, 5.41) is 4.32. The molecule has 0 amide bonds. The predicted octanol–water partition coefficient (Wildman–Crippen LogP) is 1.93. The van der Waals surface area contributed by atoms with Crippen molar-refractivity contribution in [3.05, 3.63) is 42.5 Å². The van der Waals surface area contributed by atoms with Crippen molar-refractivity contribution >= 4 is 17.4 Å². The van der Waals surface area contributed by atoms with Crippen LogP contribution in [0.3, 0.4) is 0 Å². The van der Waals surface area contributed by atoms with Gasteiger partial charge in [0.05, 0.1) is 0 Å². The summed E-state index contributed by atoms with van der Waals surface area (Å²) in [5.41, 5.74) is 0.971. The van der Waals surface area contributed by atoms with Crippen LogP contribution < -0.4 is 9.80 Å². The van der Waals surface area contributed by atoms with Crippen molar-refractivity contribution in [2.45, 2.75) is 25.8 Å². The Labute approximate surface area is 141 Å². The number of hydrogen-bond acceptors (Lipinski definition) is 6. The summed E-state index contributed by atoms with van der Waals surface area (Å²) >= 11 is 0. The summed E-state index contributed by atoms with van der Waals surface area (Å²) in [7, 11) is 2.13. The van der Waals surface area contributed by atoms with Gasteiger partial charge in [0, 0.05) is 44.1 Å². The maximum absolute atomic E-state index is 4.46. The molecule has 1 aliphatic heterocycles. The van der Waals surface area contributed by atoms with Gasteiger partial charge in [0.2, 0.25) is 0 Å². The average molecular weight is 323 g/mol. The van der Waals surface area contributed by atoms with E-state index in [1.807, 2.05) is 29.8 Å². The molecule has 0 aliphatic carbocycles. The van der Waals surface area contributed by atoms with E-state index in [0.29, 0.717) is 11.8 Å². The Hall–Kier alpha value is -2.70. The Bertz CT molecular complexity index is 821. The highest BCUT2D eigenvalue weighted by Crippen LogP contribution is 2.24. The summed E-state index contributed by atoms with van der Waals surface area (Å²) in [6.07, 6.45) is 5.59. The molecule has 4 heterocycles. The molecule has 7 heteroatoms. The SMILES string of the molecule is Cc1cc(N2CCC(N(C)c3ccccn3)CC2)n2ncnc2n1. The van der Waals surface area contributed by atoms with Crippen LogP contribution in [0.25, 0.3) is 5.78 Å². The molecule has 0 N–H and O–H groups in total. The third kappa shape index (κ3) is 2.66. The van der Waals surface area contributed by atoms with E-state index in [9.17, 15) is 0 Å². The van der Waals surface area contributed by atoms with Crippen molar-refractivity contribution in [3.8, 4) is 0 Å². The first-order chi connectivity index (χ1) is 11.7. The largest absolute Gasteiger partial charge is 0.357 e. The smallest absolute Gasteiger partial charge is 0.254 e. The van der Waals surface area contributed by atoms with Crippen molar-refractivity contribution in [1.82, 2.24) is 24.6 Å². The lowest BCUT2D eigenvalue weighted by molar-refractivity contribution is 0.476. The third-order valence-corrected chi connectivity index (χ3v) is 4.71. The number of anilines is 2. The molecule has 0 radical (unpaired) electrons. The molecule has 3 aromatic rings. The highest BCUT2D eigenvalue weighted by atomic mass is 15.4. The van der Waals surface area contributed by atoms with Gasteiger partial charge in [-0.25, -0.2) is 9.97 Å². The number of aromatic nitrogens is 5. The standard InChI is InChI=1S/C17H21N7/c1-13-11-16(24-17(21-13)19-12-20-24)23-9-6-14(7-10-23)22(2)15-5-3-4-8-18-15/h3-5,8,11-12,14H,6-7,9-10H2,1-2H3. The van der Waals surface area contributed by atoms with E-state index in [-0.39, 0.29) is 0 Å². The maximum atomic E-state index is 4.46. The number of rotatable bonds is 3. The zero-order valence-corrected chi connectivity index (χ0v) is 14.0. The van der Waals surface area contributed by atoms with Crippen LogP contribution in [0, 0.1) is 6.92 Å². The van der Waals surface area contributed by atoms with E-state index < -0.39 is 0 Å². The first-order valence-corrected chi connectivity index (χ1v) is 8.28. The van der Waals surface area contributed by atoms with E-state index in [4.69, 9.17) is 0 Å². The summed E-state index contributed by atoms with van der Waals surface area (Å²) in [6, 6.07) is 8.65. The minimum Gasteiger partial charge on any atom is -0.357 e. The monoisotopic (exact) mass is 323 g/mol. The first-order valence-electron chi connectivity index (χ1n) is 8.28. The zero-order chi connectivity index (χ0) is 16.5. The van der Waals surface area contributed by atoms with Crippen molar-refractivity contribution in [2.75, 3.05) is 29.9 Å². The summed E-state index contributed by atoms with van der Waals surface area (Å²) < 4.78 is 1.83. The fourth-order valence-corrected chi connectivity index (χ4v) is 3.37. The van der Waals surface area contributed by atoms with Crippen molar-refractivity contribution in [3.63, 3.8) is 0 Å². The average Bonchev–Trinajstić information content (AvgIpc) is 3.09. The molecule has 0 unspecified atom stereocenters. The molecule has 0 bridgehead atoms. The van der Waals surface area contributed by atoms with E-state index in [1.54, 1.807) is 6.33 Å². The molecule has 0 atom stereocenters. The Balaban J connectivity index is 1.51. The van der Waals surface area contributed by atoms with Crippen LogP contribution in [-0.2, 0) is 0 Å². The number of pyridine rings is 1. The van der Waals surface area contributed by atoms with Gasteiger partial charge in [-0.2, -0.15) is 14.6 Å². The van der Waals surface area contributed by atoms with Gasteiger partial charge in [0.25, 0.3) is 5.78 Å². The van der Waals surface area contributed by atoms with Crippen LogP contribution in [0.1, 0.15) is 18.5 Å². The Morgan fingerprint density at radius 3 is 2.75 bits per heavy atom. The van der Waals surface area contributed by atoms with Gasteiger partial charge in [-0.05, 0) is 31.9 Å². The molecule has 1 saturated heterocycles. The van der Waals surface area contributed by atoms with Gasteiger partial charge in [-0.1, -0.05) is 6.07 Å². The molecule has 24 heavy (non-hydrogen) atoms. The number of hydrogen-bond donors (Lipinski definition) is 0. The minimum atomic E-state index is 0.505. The molecule has 1 aliphatic rings. The molecule has 0 spiro atoms. The highest BCUT2D eigenvalue weighted by Gasteiger charge is 2.25. The number of nitrogens with zero attached hydrogens (tertiary/aromatic N) is 7. The number of fused-ring (bicyclic) bond motifs is 1. The van der Waals surface area contributed by atoms with E-state index >= 15 is 0 Å². The van der Waals surface area contributed by atoms with Crippen LogP contribution in [-0.4, -0.2) is 50.7 Å². The van der Waals surface area contributed by atoms with Crippen LogP contribution >= 0.6 is 0 Å². The van der Waals surface area contributed by atoms with Crippen LogP contribution in [0.5, 0.6) is 0 Å². The van der Waals surface area contributed by atoms with Crippen LogP contribution in [0.4, 0.5) is 11.6 Å². The summed E-state index contributed by atoms with van der Waals surface area (Å²) in [4.78, 5) is 17.8. The van der Waals surface area contributed by atoms with E-state index in [1.165, 1.54) is 0 Å². The fraction of sp³-hybridized carbons (Fsp3) is 0.412. The van der Waals surface area contributed by atoms with E-state index in [2.05, 4.69) is 49.0 Å². The normalized spacial score (nSPS) is 15.8. The Morgan fingerprint density at radius 2 is 2.00 bits per heavy atom. The van der Waals surface area contributed by atoms with Gasteiger partial charge in [-0.3, -0.25) is 0 Å². The second-order valence-electron chi connectivity index (χ2n) is 6.24. The lowest BCUT2D eigenvalue weighted by Crippen LogP contribution is -2.44. The number of aryl methyl sites for hydroxylation is 1. The first kappa shape index (κ1) is 14.9. The number of piperidine rings is 1. The second-order valence-corrected chi connectivity index (χ2v) is 6.24. The fourth-order valence-electron chi connectivity index (χ4n) is 3.37. The lowest BCUT2D eigenvalue weighted by atomic mass is 10.0. The van der Waals surface area contributed by atoms with Crippen molar-refractivity contribution in [2.24, 2.45) is 0 Å². The molecular formula is C17H21N7. The van der Waals surface area contributed by atoms with E-state index in [0.717, 1.165) is 43.3 Å². The second kappa shape index (κ2) is 6.07. The highest BCUT2D eigenvalue weighted by molar-refractivity contribution is 5.48.